The molecule has 0 bridgehead atoms. The highest BCUT2D eigenvalue weighted by Crippen LogP contribution is 2.24. The molecule has 1 fully saturated rings. The maximum absolute atomic E-state index is 12.8. The zero-order valence-corrected chi connectivity index (χ0v) is 12.4. The van der Waals surface area contributed by atoms with Crippen LogP contribution in [-0.4, -0.2) is 45.8 Å². The molecule has 1 atom stereocenters. The van der Waals surface area contributed by atoms with Gasteiger partial charge < -0.3 is 10.2 Å². The van der Waals surface area contributed by atoms with Gasteiger partial charge >= 0.3 is 0 Å². The van der Waals surface area contributed by atoms with E-state index in [9.17, 15) is 14.6 Å². The predicted octanol–water partition coefficient (Wildman–Crippen LogP) is 2.27. The second-order valence-corrected chi connectivity index (χ2v) is 5.76. The molecule has 1 unspecified atom stereocenters. The first-order chi connectivity index (χ1) is 10.2. The molecule has 0 saturated heterocycles. The molecule has 1 heterocycles. The van der Waals surface area contributed by atoms with Crippen molar-refractivity contribution in [1.82, 2.24) is 9.88 Å². The molecule has 1 aliphatic carbocycles. The minimum atomic E-state index is -0.685. The number of aliphatic hydroxyl groups is 2. The van der Waals surface area contributed by atoms with Gasteiger partial charge in [0.25, 0.3) is 0 Å². The number of aliphatic hydroxyl groups excluding tert-OH is 2. The van der Waals surface area contributed by atoms with Gasteiger partial charge in [0, 0.05) is 19.1 Å². The Bertz CT molecular complexity index is 407. The molecule has 1 aromatic heterocycles. The summed E-state index contributed by atoms with van der Waals surface area (Å²) in [6.07, 6.45) is 7.13. The lowest BCUT2D eigenvalue weighted by Gasteiger charge is -2.34. The fourth-order valence-corrected chi connectivity index (χ4v) is 3.07. The van der Waals surface area contributed by atoms with Crippen molar-refractivity contribution in [3.8, 4) is 0 Å². The van der Waals surface area contributed by atoms with Crippen LogP contribution in [0.1, 0.15) is 50.3 Å². The first-order valence-corrected chi connectivity index (χ1v) is 7.85. The molecular formula is C16H25FN2O2. The van der Waals surface area contributed by atoms with Crippen LogP contribution in [0.4, 0.5) is 4.39 Å². The molecular weight excluding hydrogens is 271 g/mol. The van der Waals surface area contributed by atoms with E-state index in [1.54, 1.807) is 0 Å². The highest BCUT2D eigenvalue weighted by atomic mass is 19.1. The Morgan fingerprint density at radius 2 is 2.00 bits per heavy atom. The van der Waals surface area contributed by atoms with Gasteiger partial charge in [0.15, 0.2) is 0 Å². The third-order valence-electron chi connectivity index (χ3n) is 4.26. The highest BCUT2D eigenvalue weighted by molar-refractivity contribution is 5.08. The van der Waals surface area contributed by atoms with Gasteiger partial charge in [-0.2, -0.15) is 0 Å². The standard InChI is InChI=1S/C16H25FN2O2/c17-13-6-7-15(18-12-13)16(21)8-9-19(10-11-20)14-4-2-1-3-5-14/h6-7,12,14,16,20-21H,1-5,8-11H2. The number of nitrogens with zero attached hydrogens (tertiary/aromatic N) is 2. The average Bonchev–Trinajstić information content (AvgIpc) is 2.52. The van der Waals surface area contributed by atoms with E-state index in [1.165, 1.54) is 44.2 Å². The third-order valence-corrected chi connectivity index (χ3v) is 4.26. The summed E-state index contributed by atoms with van der Waals surface area (Å²) in [5, 5.41) is 19.4. The predicted molar refractivity (Wildman–Crippen MR) is 79.3 cm³/mol. The van der Waals surface area contributed by atoms with E-state index in [-0.39, 0.29) is 6.61 Å². The van der Waals surface area contributed by atoms with Crippen LogP contribution in [0.25, 0.3) is 0 Å². The molecule has 1 aliphatic rings. The molecule has 0 aromatic carbocycles. The number of hydrogen-bond acceptors (Lipinski definition) is 4. The van der Waals surface area contributed by atoms with Crippen LogP contribution < -0.4 is 0 Å². The summed E-state index contributed by atoms with van der Waals surface area (Å²) in [6.45, 7) is 1.51. The fourth-order valence-electron chi connectivity index (χ4n) is 3.07. The zero-order valence-electron chi connectivity index (χ0n) is 12.4. The van der Waals surface area contributed by atoms with E-state index in [1.807, 2.05) is 0 Å². The van der Waals surface area contributed by atoms with Crippen LogP contribution in [-0.2, 0) is 0 Å². The molecule has 1 saturated carbocycles. The maximum atomic E-state index is 12.8. The maximum Gasteiger partial charge on any atom is 0.141 e. The van der Waals surface area contributed by atoms with Crippen molar-refractivity contribution >= 4 is 0 Å². The molecule has 0 aliphatic heterocycles. The van der Waals surface area contributed by atoms with Crippen LogP contribution in [0, 0.1) is 5.82 Å². The lowest BCUT2D eigenvalue weighted by atomic mass is 9.94. The van der Waals surface area contributed by atoms with E-state index < -0.39 is 11.9 Å². The van der Waals surface area contributed by atoms with E-state index in [0.29, 0.717) is 24.7 Å². The van der Waals surface area contributed by atoms with Gasteiger partial charge in [0.1, 0.15) is 5.82 Å². The lowest BCUT2D eigenvalue weighted by Crippen LogP contribution is -2.39. The van der Waals surface area contributed by atoms with Crippen LogP contribution in [0.3, 0.4) is 0 Å². The summed E-state index contributed by atoms with van der Waals surface area (Å²) in [4.78, 5) is 6.19. The molecule has 0 radical (unpaired) electrons. The molecule has 0 spiro atoms. The molecule has 2 rings (SSSR count). The van der Waals surface area contributed by atoms with E-state index in [0.717, 1.165) is 12.7 Å². The van der Waals surface area contributed by atoms with Gasteiger partial charge in [-0.25, -0.2) is 4.39 Å². The van der Waals surface area contributed by atoms with Crippen molar-refractivity contribution in [2.75, 3.05) is 19.7 Å². The van der Waals surface area contributed by atoms with Gasteiger partial charge in [-0.15, -0.1) is 0 Å². The second kappa shape index (κ2) is 8.41. The SMILES string of the molecule is OCCN(CCC(O)c1ccc(F)cn1)C1CCCCC1. The third kappa shape index (κ3) is 5.02. The van der Waals surface area contributed by atoms with Crippen LogP contribution in [0.2, 0.25) is 0 Å². The van der Waals surface area contributed by atoms with Crippen molar-refractivity contribution in [3.05, 3.63) is 29.8 Å². The first-order valence-electron chi connectivity index (χ1n) is 7.85. The number of pyridine rings is 1. The summed E-state index contributed by atoms with van der Waals surface area (Å²) < 4.78 is 12.8. The van der Waals surface area contributed by atoms with Crippen molar-refractivity contribution < 1.29 is 14.6 Å². The molecule has 1 aromatic rings. The number of hydrogen-bond donors (Lipinski definition) is 2. The van der Waals surface area contributed by atoms with Gasteiger partial charge in [-0.1, -0.05) is 19.3 Å². The van der Waals surface area contributed by atoms with E-state index in [2.05, 4.69) is 9.88 Å². The van der Waals surface area contributed by atoms with Crippen molar-refractivity contribution in [2.45, 2.75) is 50.7 Å². The Morgan fingerprint density at radius 3 is 2.62 bits per heavy atom. The highest BCUT2D eigenvalue weighted by Gasteiger charge is 2.21. The van der Waals surface area contributed by atoms with Crippen molar-refractivity contribution in [2.24, 2.45) is 0 Å². The van der Waals surface area contributed by atoms with Gasteiger partial charge in [0.2, 0.25) is 0 Å². The average molecular weight is 296 g/mol. The van der Waals surface area contributed by atoms with Crippen molar-refractivity contribution in [3.63, 3.8) is 0 Å². The summed E-state index contributed by atoms with van der Waals surface area (Å²) in [7, 11) is 0. The van der Waals surface area contributed by atoms with Gasteiger partial charge in [0.05, 0.1) is 24.6 Å². The smallest absolute Gasteiger partial charge is 0.141 e. The number of aromatic nitrogens is 1. The number of rotatable bonds is 7. The molecule has 2 N–H and O–H groups in total. The van der Waals surface area contributed by atoms with E-state index >= 15 is 0 Å². The lowest BCUT2D eigenvalue weighted by molar-refractivity contribution is 0.0908. The Balaban J connectivity index is 1.86. The second-order valence-electron chi connectivity index (χ2n) is 5.76. The van der Waals surface area contributed by atoms with Crippen LogP contribution in [0.15, 0.2) is 18.3 Å². The van der Waals surface area contributed by atoms with Gasteiger partial charge in [-0.3, -0.25) is 9.88 Å². The molecule has 118 valence electrons. The summed E-state index contributed by atoms with van der Waals surface area (Å²) >= 11 is 0. The topological polar surface area (TPSA) is 56.6 Å². The summed E-state index contributed by atoms with van der Waals surface area (Å²) in [5.41, 5.74) is 0.504. The summed E-state index contributed by atoms with van der Waals surface area (Å²) in [6, 6.07) is 3.36. The Morgan fingerprint density at radius 1 is 1.24 bits per heavy atom. The van der Waals surface area contributed by atoms with Crippen molar-refractivity contribution in [1.29, 1.82) is 0 Å². The van der Waals surface area contributed by atoms with Crippen LogP contribution in [0.5, 0.6) is 0 Å². The normalized spacial score (nSPS) is 18.1. The largest absolute Gasteiger partial charge is 0.395 e. The number of halogens is 1. The Hall–Kier alpha value is -1.04. The first kappa shape index (κ1) is 16.3. The monoisotopic (exact) mass is 296 g/mol. The minimum Gasteiger partial charge on any atom is -0.395 e. The van der Waals surface area contributed by atoms with Gasteiger partial charge in [-0.05, 0) is 31.4 Å². The Labute approximate surface area is 125 Å². The molecule has 5 heteroatoms. The molecule has 0 amide bonds. The molecule has 4 nitrogen and oxygen atoms in total. The quantitative estimate of drug-likeness (QED) is 0.810. The molecule has 21 heavy (non-hydrogen) atoms. The minimum absolute atomic E-state index is 0.140. The fraction of sp³-hybridized carbons (Fsp3) is 0.688. The zero-order chi connectivity index (χ0) is 15.1. The summed E-state index contributed by atoms with van der Waals surface area (Å²) in [5.74, 6) is -0.393. The van der Waals surface area contributed by atoms with Crippen LogP contribution >= 0.6 is 0 Å². The Kier molecular flexibility index (Phi) is 6.54. The van der Waals surface area contributed by atoms with E-state index in [4.69, 9.17) is 0 Å².